The van der Waals surface area contributed by atoms with Gasteiger partial charge in [-0.1, -0.05) is 0 Å². The van der Waals surface area contributed by atoms with E-state index < -0.39 is 11.9 Å². The number of carboxylic acid groups (broad SMARTS) is 2. The molecule has 1 aromatic carbocycles. The molecule has 0 saturated carbocycles. The van der Waals surface area contributed by atoms with Gasteiger partial charge in [-0.25, -0.2) is 0 Å². The Bertz CT molecular complexity index is 411. The SMILES string of the molecule is CC(=O)O.CC(=O)O.COc1cc(O)cc(Br)c1O. The van der Waals surface area contributed by atoms with Gasteiger partial charge in [0, 0.05) is 19.9 Å². The summed E-state index contributed by atoms with van der Waals surface area (Å²) in [6.45, 7) is 2.17. The average Bonchev–Trinajstić information content (AvgIpc) is 2.21. The third-order valence-corrected chi connectivity index (χ3v) is 1.84. The molecule has 0 heterocycles. The molecule has 0 aliphatic rings. The summed E-state index contributed by atoms with van der Waals surface area (Å²) in [4.78, 5) is 18.0. The van der Waals surface area contributed by atoms with Crippen LogP contribution in [0.3, 0.4) is 0 Å². The second-order valence-corrected chi connectivity index (χ2v) is 3.87. The highest BCUT2D eigenvalue weighted by atomic mass is 79.9. The van der Waals surface area contributed by atoms with E-state index in [9.17, 15) is 5.11 Å². The van der Waals surface area contributed by atoms with Gasteiger partial charge in [0.05, 0.1) is 11.6 Å². The van der Waals surface area contributed by atoms with Gasteiger partial charge in [0.25, 0.3) is 11.9 Å². The number of ether oxygens (including phenoxy) is 1. The zero-order valence-corrected chi connectivity index (χ0v) is 12.1. The molecule has 0 aromatic heterocycles. The summed E-state index contributed by atoms with van der Waals surface area (Å²) >= 11 is 3.05. The summed E-state index contributed by atoms with van der Waals surface area (Å²) < 4.78 is 5.18. The standard InChI is InChI=1S/C7H7BrO3.2C2H4O2/c1-11-6-3-4(9)2-5(8)7(6)10;2*1-2(3)4/h2-3,9-10H,1H3;2*1H3,(H,3,4). The van der Waals surface area contributed by atoms with E-state index in [2.05, 4.69) is 15.9 Å². The van der Waals surface area contributed by atoms with Gasteiger partial charge in [-0.3, -0.25) is 9.59 Å². The molecule has 0 unspecified atom stereocenters. The predicted molar refractivity (Wildman–Crippen MR) is 70.6 cm³/mol. The van der Waals surface area contributed by atoms with E-state index in [4.69, 9.17) is 29.6 Å². The lowest BCUT2D eigenvalue weighted by atomic mass is 10.3. The average molecular weight is 339 g/mol. The van der Waals surface area contributed by atoms with Gasteiger partial charge in [0.2, 0.25) is 0 Å². The van der Waals surface area contributed by atoms with E-state index in [1.54, 1.807) is 0 Å². The van der Waals surface area contributed by atoms with Crippen molar-refractivity contribution in [2.45, 2.75) is 13.8 Å². The Balaban J connectivity index is 0. The van der Waals surface area contributed by atoms with Crippen LogP contribution in [0.2, 0.25) is 0 Å². The summed E-state index contributed by atoms with van der Waals surface area (Å²) in [6, 6.07) is 2.72. The Morgan fingerprint density at radius 1 is 1.11 bits per heavy atom. The zero-order chi connectivity index (χ0) is 15.6. The molecule has 7 nitrogen and oxygen atoms in total. The summed E-state index contributed by atoms with van der Waals surface area (Å²) in [5.41, 5.74) is 0. The van der Waals surface area contributed by atoms with Crippen LogP contribution in [0, 0.1) is 0 Å². The summed E-state index contributed by atoms with van der Waals surface area (Å²) in [7, 11) is 1.42. The Morgan fingerprint density at radius 2 is 1.47 bits per heavy atom. The molecular weight excluding hydrogens is 324 g/mol. The number of benzene rings is 1. The fourth-order valence-electron chi connectivity index (χ4n) is 0.716. The number of halogens is 1. The van der Waals surface area contributed by atoms with Crippen LogP contribution in [0.4, 0.5) is 0 Å². The molecule has 4 N–H and O–H groups in total. The maximum atomic E-state index is 9.24. The van der Waals surface area contributed by atoms with Crippen molar-refractivity contribution < 1.29 is 34.8 Å². The van der Waals surface area contributed by atoms with E-state index in [1.165, 1.54) is 19.2 Å². The lowest BCUT2D eigenvalue weighted by molar-refractivity contribution is -0.135. The first-order valence-electron chi connectivity index (χ1n) is 4.76. The van der Waals surface area contributed by atoms with Gasteiger partial charge in [0.15, 0.2) is 11.5 Å². The summed E-state index contributed by atoms with van der Waals surface area (Å²) in [5.74, 6) is -1.38. The number of aromatic hydroxyl groups is 2. The predicted octanol–water partition coefficient (Wildman–Crippen LogP) is 2.05. The van der Waals surface area contributed by atoms with E-state index in [-0.39, 0.29) is 17.2 Å². The fourth-order valence-corrected chi connectivity index (χ4v) is 1.15. The third-order valence-electron chi connectivity index (χ3n) is 1.23. The summed E-state index contributed by atoms with van der Waals surface area (Å²) in [5, 5.41) is 33.1. The topological polar surface area (TPSA) is 124 Å². The lowest BCUT2D eigenvalue weighted by Crippen LogP contribution is -1.83. The quantitative estimate of drug-likeness (QED) is 0.577. The van der Waals surface area contributed by atoms with Crippen LogP contribution in [0.1, 0.15) is 13.8 Å². The minimum Gasteiger partial charge on any atom is -0.508 e. The second-order valence-electron chi connectivity index (χ2n) is 3.02. The maximum Gasteiger partial charge on any atom is 0.300 e. The number of hydrogen-bond acceptors (Lipinski definition) is 5. The molecule has 0 radical (unpaired) electrons. The van der Waals surface area contributed by atoms with Crippen molar-refractivity contribution in [3.8, 4) is 17.2 Å². The molecule has 0 bridgehead atoms. The van der Waals surface area contributed by atoms with E-state index in [1.807, 2.05) is 0 Å². The van der Waals surface area contributed by atoms with Crippen LogP contribution in [0.25, 0.3) is 0 Å². The Labute approximate surface area is 118 Å². The largest absolute Gasteiger partial charge is 0.508 e. The van der Waals surface area contributed by atoms with E-state index >= 15 is 0 Å². The van der Waals surface area contributed by atoms with Crippen LogP contribution in [0.5, 0.6) is 17.2 Å². The number of phenols is 2. The monoisotopic (exact) mass is 338 g/mol. The smallest absolute Gasteiger partial charge is 0.300 e. The minimum absolute atomic E-state index is 0.00898. The Kier molecular flexibility index (Phi) is 10.2. The Hall–Kier alpha value is -1.96. The van der Waals surface area contributed by atoms with Crippen molar-refractivity contribution in [2.75, 3.05) is 7.11 Å². The van der Waals surface area contributed by atoms with Crippen molar-refractivity contribution in [1.82, 2.24) is 0 Å². The van der Waals surface area contributed by atoms with Gasteiger partial charge < -0.3 is 25.2 Å². The van der Waals surface area contributed by atoms with Crippen molar-refractivity contribution in [2.24, 2.45) is 0 Å². The molecule has 19 heavy (non-hydrogen) atoms. The van der Waals surface area contributed by atoms with Crippen LogP contribution < -0.4 is 4.74 Å². The first-order valence-corrected chi connectivity index (χ1v) is 5.55. The van der Waals surface area contributed by atoms with Crippen molar-refractivity contribution in [1.29, 1.82) is 0 Å². The van der Waals surface area contributed by atoms with Crippen molar-refractivity contribution in [3.05, 3.63) is 16.6 Å². The Morgan fingerprint density at radius 3 is 1.79 bits per heavy atom. The molecule has 0 saturated heterocycles. The second kappa shape index (κ2) is 10.0. The molecular formula is C11H15BrO7. The first-order chi connectivity index (χ1) is 8.61. The molecule has 0 spiro atoms. The molecule has 0 atom stereocenters. The number of hydrogen-bond donors (Lipinski definition) is 4. The van der Waals surface area contributed by atoms with Crippen LogP contribution in [0.15, 0.2) is 16.6 Å². The molecule has 0 aliphatic carbocycles. The van der Waals surface area contributed by atoms with Crippen molar-refractivity contribution >= 4 is 27.9 Å². The highest BCUT2D eigenvalue weighted by Gasteiger charge is 2.06. The number of carbonyl (C=O) groups is 2. The number of carboxylic acids is 2. The number of rotatable bonds is 1. The molecule has 1 aromatic rings. The van der Waals surface area contributed by atoms with Crippen molar-refractivity contribution in [3.63, 3.8) is 0 Å². The van der Waals surface area contributed by atoms with Gasteiger partial charge in [-0.15, -0.1) is 0 Å². The van der Waals surface area contributed by atoms with E-state index in [0.717, 1.165) is 13.8 Å². The van der Waals surface area contributed by atoms with E-state index in [0.29, 0.717) is 4.47 Å². The normalized spacial score (nSPS) is 8.21. The first kappa shape index (κ1) is 19.4. The molecule has 0 fully saturated rings. The summed E-state index contributed by atoms with van der Waals surface area (Å²) in [6.07, 6.45) is 0. The van der Waals surface area contributed by atoms with Gasteiger partial charge >= 0.3 is 0 Å². The van der Waals surface area contributed by atoms with Gasteiger partial charge in [-0.05, 0) is 22.0 Å². The van der Waals surface area contributed by atoms with Crippen LogP contribution >= 0.6 is 15.9 Å². The lowest BCUT2D eigenvalue weighted by Gasteiger charge is -2.04. The number of phenolic OH excluding ortho intramolecular Hbond substituents is 2. The highest BCUT2D eigenvalue weighted by molar-refractivity contribution is 9.10. The number of aliphatic carboxylic acids is 2. The maximum absolute atomic E-state index is 9.24. The zero-order valence-electron chi connectivity index (χ0n) is 10.5. The van der Waals surface area contributed by atoms with Crippen LogP contribution in [-0.2, 0) is 9.59 Å². The highest BCUT2D eigenvalue weighted by Crippen LogP contribution is 2.37. The molecule has 8 heteroatoms. The van der Waals surface area contributed by atoms with Gasteiger partial charge in [-0.2, -0.15) is 0 Å². The van der Waals surface area contributed by atoms with Crippen LogP contribution in [-0.4, -0.2) is 39.5 Å². The van der Waals surface area contributed by atoms with Gasteiger partial charge in [0.1, 0.15) is 5.75 Å². The number of methoxy groups -OCH3 is 1. The third kappa shape index (κ3) is 12.3. The minimum atomic E-state index is -0.833. The molecule has 0 amide bonds. The fraction of sp³-hybridized carbons (Fsp3) is 0.273. The molecule has 108 valence electrons. The molecule has 0 aliphatic heterocycles. The molecule has 1 rings (SSSR count).